The molecule has 0 saturated heterocycles. The molecule has 0 spiro atoms. The summed E-state index contributed by atoms with van der Waals surface area (Å²) >= 11 is 1.79. The first-order valence-corrected chi connectivity index (χ1v) is 10.8. The van der Waals surface area contributed by atoms with E-state index in [2.05, 4.69) is 10.3 Å². The van der Waals surface area contributed by atoms with Crippen molar-refractivity contribution in [2.45, 2.75) is 25.7 Å². The molecule has 0 saturated carbocycles. The Hall–Kier alpha value is -3.19. The molecule has 7 heteroatoms. The minimum atomic E-state index is 0.674. The Balaban J connectivity index is 1.66. The summed E-state index contributed by atoms with van der Waals surface area (Å²) in [6, 6.07) is 9.68. The number of nitrogens with zero attached hydrogens (tertiary/aromatic N) is 3. The van der Waals surface area contributed by atoms with Gasteiger partial charge >= 0.3 is 0 Å². The Bertz CT molecular complexity index is 1210. The molecule has 3 aromatic heterocycles. The molecule has 1 N–H and O–H groups in total. The van der Waals surface area contributed by atoms with E-state index in [9.17, 15) is 0 Å². The number of rotatable bonds is 5. The van der Waals surface area contributed by atoms with Crippen LogP contribution in [0.25, 0.3) is 21.6 Å². The molecule has 1 aliphatic rings. The maximum Gasteiger partial charge on any atom is 0.164 e. The summed E-state index contributed by atoms with van der Waals surface area (Å²) in [4.78, 5) is 16.5. The summed E-state index contributed by atoms with van der Waals surface area (Å²) in [5, 5.41) is 4.66. The van der Waals surface area contributed by atoms with Crippen LogP contribution < -0.4 is 14.8 Å². The molecule has 4 aromatic rings. The molecular formula is C23H22N4O2S. The summed E-state index contributed by atoms with van der Waals surface area (Å²) in [5.74, 6) is 2.87. The van der Waals surface area contributed by atoms with Crippen molar-refractivity contribution in [1.82, 2.24) is 15.0 Å². The molecule has 0 unspecified atom stereocenters. The first-order valence-electron chi connectivity index (χ1n) is 9.98. The summed E-state index contributed by atoms with van der Waals surface area (Å²) in [5.41, 5.74) is 3.18. The highest BCUT2D eigenvalue weighted by Gasteiger charge is 2.22. The van der Waals surface area contributed by atoms with Crippen LogP contribution in [0.2, 0.25) is 0 Å². The number of fused-ring (bicyclic) bond motifs is 3. The largest absolute Gasteiger partial charge is 0.493 e. The Kier molecular flexibility index (Phi) is 4.96. The van der Waals surface area contributed by atoms with E-state index in [1.165, 1.54) is 23.3 Å². The van der Waals surface area contributed by atoms with Crippen molar-refractivity contribution < 1.29 is 9.47 Å². The molecule has 0 radical (unpaired) electrons. The molecule has 1 aliphatic carbocycles. The van der Waals surface area contributed by atoms with E-state index in [4.69, 9.17) is 19.4 Å². The third-order valence-corrected chi connectivity index (χ3v) is 6.57. The smallest absolute Gasteiger partial charge is 0.164 e. The molecular weight excluding hydrogens is 396 g/mol. The van der Waals surface area contributed by atoms with Gasteiger partial charge in [-0.2, -0.15) is 0 Å². The average molecular weight is 419 g/mol. The standard InChI is InChI=1S/C23H22N4O2S/c1-28-17-10-9-15(12-18(17)29-2)25-22-20-16-7-3-4-8-19(16)30-23(20)27-21(26-22)14-6-5-11-24-13-14/h5-6,9-13H,3-4,7-8H2,1-2H3,(H,25,26,27). The van der Waals surface area contributed by atoms with Crippen LogP contribution in [-0.4, -0.2) is 29.2 Å². The molecule has 0 bridgehead atoms. The predicted octanol–water partition coefficient (Wildman–Crippen LogP) is 5.39. The predicted molar refractivity (Wildman–Crippen MR) is 120 cm³/mol. The van der Waals surface area contributed by atoms with Crippen molar-refractivity contribution in [3.8, 4) is 22.9 Å². The summed E-state index contributed by atoms with van der Waals surface area (Å²) in [6.07, 6.45) is 8.20. The van der Waals surface area contributed by atoms with Gasteiger partial charge in [0.2, 0.25) is 0 Å². The van der Waals surface area contributed by atoms with Gasteiger partial charge in [-0.1, -0.05) is 0 Å². The van der Waals surface area contributed by atoms with E-state index >= 15 is 0 Å². The lowest BCUT2D eigenvalue weighted by Crippen LogP contribution is -2.02. The topological polar surface area (TPSA) is 69.2 Å². The number of pyridine rings is 1. The van der Waals surface area contributed by atoms with Crippen LogP contribution in [0.5, 0.6) is 11.5 Å². The monoisotopic (exact) mass is 418 g/mol. The number of hydrogen-bond acceptors (Lipinski definition) is 7. The van der Waals surface area contributed by atoms with Crippen LogP contribution in [0, 0.1) is 0 Å². The number of ether oxygens (including phenoxy) is 2. The van der Waals surface area contributed by atoms with Crippen LogP contribution in [0.4, 0.5) is 11.5 Å². The molecule has 6 nitrogen and oxygen atoms in total. The molecule has 5 rings (SSSR count). The zero-order chi connectivity index (χ0) is 20.5. The number of thiophene rings is 1. The Labute approximate surface area is 178 Å². The zero-order valence-corrected chi connectivity index (χ0v) is 17.8. The SMILES string of the molecule is COc1ccc(Nc2nc(-c3cccnc3)nc3sc4c(c23)CCCC4)cc1OC. The van der Waals surface area contributed by atoms with Gasteiger partial charge in [0.15, 0.2) is 17.3 Å². The molecule has 0 fully saturated rings. The lowest BCUT2D eigenvalue weighted by atomic mass is 9.97. The normalized spacial score (nSPS) is 13.1. The van der Waals surface area contributed by atoms with E-state index in [-0.39, 0.29) is 0 Å². The van der Waals surface area contributed by atoms with E-state index in [0.717, 1.165) is 40.1 Å². The van der Waals surface area contributed by atoms with Crippen LogP contribution >= 0.6 is 11.3 Å². The van der Waals surface area contributed by atoms with Crippen molar-refractivity contribution in [2.24, 2.45) is 0 Å². The van der Waals surface area contributed by atoms with Gasteiger partial charge in [0, 0.05) is 34.6 Å². The van der Waals surface area contributed by atoms with Crippen molar-refractivity contribution >= 4 is 33.1 Å². The van der Waals surface area contributed by atoms with Crippen LogP contribution in [0.15, 0.2) is 42.7 Å². The second-order valence-electron chi connectivity index (χ2n) is 7.22. The fraction of sp³-hybridized carbons (Fsp3) is 0.261. The van der Waals surface area contributed by atoms with Crippen molar-refractivity contribution in [3.05, 3.63) is 53.2 Å². The third-order valence-electron chi connectivity index (χ3n) is 5.38. The Morgan fingerprint density at radius 1 is 1.00 bits per heavy atom. The van der Waals surface area contributed by atoms with E-state index < -0.39 is 0 Å². The van der Waals surface area contributed by atoms with Gasteiger partial charge in [-0.05, 0) is 55.5 Å². The first-order chi connectivity index (χ1) is 14.8. The van der Waals surface area contributed by atoms with Gasteiger partial charge in [-0.15, -0.1) is 11.3 Å². The van der Waals surface area contributed by atoms with Crippen LogP contribution in [-0.2, 0) is 12.8 Å². The Morgan fingerprint density at radius 2 is 1.87 bits per heavy atom. The van der Waals surface area contributed by atoms with E-state index in [1.54, 1.807) is 38.0 Å². The van der Waals surface area contributed by atoms with Gasteiger partial charge in [0.25, 0.3) is 0 Å². The van der Waals surface area contributed by atoms with E-state index in [0.29, 0.717) is 17.3 Å². The summed E-state index contributed by atoms with van der Waals surface area (Å²) < 4.78 is 10.8. The number of benzene rings is 1. The number of aryl methyl sites for hydroxylation is 2. The Morgan fingerprint density at radius 3 is 2.67 bits per heavy atom. The molecule has 0 atom stereocenters. The summed E-state index contributed by atoms with van der Waals surface area (Å²) in [7, 11) is 3.27. The second-order valence-corrected chi connectivity index (χ2v) is 8.31. The van der Waals surface area contributed by atoms with Crippen LogP contribution in [0.3, 0.4) is 0 Å². The van der Waals surface area contributed by atoms with Crippen molar-refractivity contribution in [3.63, 3.8) is 0 Å². The highest BCUT2D eigenvalue weighted by atomic mass is 32.1. The lowest BCUT2D eigenvalue weighted by molar-refractivity contribution is 0.355. The number of anilines is 2. The van der Waals surface area contributed by atoms with Crippen LogP contribution in [0.1, 0.15) is 23.3 Å². The van der Waals surface area contributed by atoms with Gasteiger partial charge < -0.3 is 14.8 Å². The fourth-order valence-corrected chi connectivity index (χ4v) is 5.18. The minimum absolute atomic E-state index is 0.674. The zero-order valence-electron chi connectivity index (χ0n) is 16.9. The van der Waals surface area contributed by atoms with Gasteiger partial charge in [-0.25, -0.2) is 9.97 Å². The van der Waals surface area contributed by atoms with Gasteiger partial charge in [-0.3, -0.25) is 4.98 Å². The number of aromatic nitrogens is 3. The molecule has 1 aromatic carbocycles. The average Bonchev–Trinajstić information content (AvgIpc) is 3.18. The molecule has 0 amide bonds. The highest BCUT2D eigenvalue weighted by molar-refractivity contribution is 7.19. The molecule has 0 aliphatic heterocycles. The summed E-state index contributed by atoms with van der Waals surface area (Å²) in [6.45, 7) is 0. The number of methoxy groups -OCH3 is 2. The van der Waals surface area contributed by atoms with Gasteiger partial charge in [0.05, 0.1) is 19.6 Å². The number of nitrogens with one attached hydrogen (secondary N) is 1. The van der Waals surface area contributed by atoms with Gasteiger partial charge in [0.1, 0.15) is 10.6 Å². The quantitative estimate of drug-likeness (QED) is 0.468. The van der Waals surface area contributed by atoms with Crippen molar-refractivity contribution in [2.75, 3.05) is 19.5 Å². The number of hydrogen-bond donors (Lipinski definition) is 1. The third kappa shape index (κ3) is 3.35. The molecule has 152 valence electrons. The fourth-order valence-electron chi connectivity index (χ4n) is 3.92. The maximum absolute atomic E-state index is 5.47. The first kappa shape index (κ1) is 18.8. The highest BCUT2D eigenvalue weighted by Crippen LogP contribution is 2.41. The lowest BCUT2D eigenvalue weighted by Gasteiger charge is -2.14. The second kappa shape index (κ2) is 7.91. The maximum atomic E-state index is 5.47. The minimum Gasteiger partial charge on any atom is -0.493 e. The molecule has 30 heavy (non-hydrogen) atoms. The van der Waals surface area contributed by atoms with Crippen molar-refractivity contribution in [1.29, 1.82) is 0 Å². The molecule has 3 heterocycles. The van der Waals surface area contributed by atoms with E-state index in [1.807, 2.05) is 30.3 Å².